The third-order valence-electron chi connectivity index (χ3n) is 5.41. The molecule has 8 heteroatoms. The van der Waals surface area contributed by atoms with Crippen molar-refractivity contribution in [2.24, 2.45) is 0 Å². The number of nitrogens with one attached hydrogen (secondary N) is 2. The van der Waals surface area contributed by atoms with E-state index in [0.717, 1.165) is 10.9 Å². The zero-order valence-corrected chi connectivity index (χ0v) is 19.6. The second-order valence-electron chi connectivity index (χ2n) is 7.72. The molecular weight excluding hydrogens is 454 g/mol. The molecule has 0 unspecified atom stereocenters. The van der Waals surface area contributed by atoms with Gasteiger partial charge >= 0.3 is 6.03 Å². The Morgan fingerprint density at radius 1 is 0.912 bits per heavy atom. The van der Waals surface area contributed by atoms with E-state index in [2.05, 4.69) is 10.3 Å². The van der Waals surface area contributed by atoms with E-state index in [0.29, 0.717) is 39.8 Å². The molecule has 0 aliphatic carbocycles. The van der Waals surface area contributed by atoms with E-state index in [1.165, 1.54) is 0 Å². The molecule has 0 radical (unpaired) electrons. The molecule has 2 N–H and O–H groups in total. The number of ether oxygens (including phenoxy) is 2. The summed E-state index contributed by atoms with van der Waals surface area (Å²) in [5.74, 6) is 1.34. The van der Waals surface area contributed by atoms with Crippen LogP contribution < -0.4 is 20.3 Å². The SMILES string of the molecule is COc1ccc(NC(=O)N(Cc2ccc(Cl)cc2)Cc2cc3ccc(OC)cc3[nH]c2=O)cc1. The van der Waals surface area contributed by atoms with Crippen molar-refractivity contribution in [2.45, 2.75) is 13.1 Å². The molecule has 7 nitrogen and oxygen atoms in total. The summed E-state index contributed by atoms with van der Waals surface area (Å²) in [5.41, 5.74) is 2.37. The fourth-order valence-electron chi connectivity index (χ4n) is 3.56. The van der Waals surface area contributed by atoms with Crippen LogP contribution in [0.1, 0.15) is 11.1 Å². The summed E-state index contributed by atoms with van der Waals surface area (Å²) in [5, 5.41) is 4.35. The lowest BCUT2D eigenvalue weighted by Gasteiger charge is -2.23. The molecule has 1 heterocycles. The first-order chi connectivity index (χ1) is 16.4. The van der Waals surface area contributed by atoms with Crippen molar-refractivity contribution in [1.29, 1.82) is 0 Å². The molecule has 0 bridgehead atoms. The number of pyridine rings is 1. The Hall–Kier alpha value is -3.97. The van der Waals surface area contributed by atoms with E-state index < -0.39 is 0 Å². The molecule has 34 heavy (non-hydrogen) atoms. The number of urea groups is 1. The average Bonchev–Trinajstić information content (AvgIpc) is 2.85. The lowest BCUT2D eigenvalue weighted by Crippen LogP contribution is -2.35. The Labute approximate surface area is 201 Å². The summed E-state index contributed by atoms with van der Waals surface area (Å²) >= 11 is 6.01. The number of anilines is 1. The number of nitrogens with zero attached hydrogens (tertiary/aromatic N) is 1. The van der Waals surface area contributed by atoms with Gasteiger partial charge in [0.05, 0.1) is 26.3 Å². The minimum atomic E-state index is -0.339. The number of rotatable bonds is 7. The highest BCUT2D eigenvalue weighted by Gasteiger charge is 2.17. The zero-order chi connectivity index (χ0) is 24.1. The first kappa shape index (κ1) is 23.2. The zero-order valence-electron chi connectivity index (χ0n) is 18.8. The largest absolute Gasteiger partial charge is 0.497 e. The van der Waals surface area contributed by atoms with Crippen LogP contribution in [-0.4, -0.2) is 30.1 Å². The van der Waals surface area contributed by atoms with Crippen molar-refractivity contribution in [3.63, 3.8) is 0 Å². The fraction of sp³-hybridized carbons (Fsp3) is 0.154. The maximum Gasteiger partial charge on any atom is 0.322 e. The number of benzene rings is 3. The Bertz CT molecular complexity index is 1350. The predicted octanol–water partition coefficient (Wildman–Crippen LogP) is 5.43. The molecule has 0 spiro atoms. The van der Waals surface area contributed by atoms with Gasteiger partial charge in [0.15, 0.2) is 0 Å². The number of amides is 2. The van der Waals surface area contributed by atoms with E-state index >= 15 is 0 Å². The monoisotopic (exact) mass is 477 g/mol. The summed E-state index contributed by atoms with van der Waals surface area (Å²) in [7, 11) is 3.16. The van der Waals surface area contributed by atoms with Crippen LogP contribution in [0, 0.1) is 0 Å². The Balaban J connectivity index is 1.62. The number of halogens is 1. The molecule has 1 aromatic heterocycles. The second kappa shape index (κ2) is 10.3. The summed E-state index contributed by atoms with van der Waals surface area (Å²) in [6, 6.07) is 21.2. The highest BCUT2D eigenvalue weighted by molar-refractivity contribution is 6.30. The van der Waals surface area contributed by atoms with Crippen LogP contribution >= 0.6 is 11.6 Å². The number of H-pyrrole nitrogens is 1. The third-order valence-corrected chi connectivity index (χ3v) is 5.66. The van der Waals surface area contributed by atoms with E-state index in [-0.39, 0.29) is 18.1 Å². The van der Waals surface area contributed by atoms with Crippen molar-refractivity contribution in [2.75, 3.05) is 19.5 Å². The smallest absolute Gasteiger partial charge is 0.322 e. The van der Waals surface area contributed by atoms with Gasteiger partial charge in [0.25, 0.3) is 5.56 Å². The Morgan fingerprint density at radius 2 is 1.59 bits per heavy atom. The number of hydrogen-bond donors (Lipinski definition) is 2. The normalized spacial score (nSPS) is 10.7. The number of carbonyl (C=O) groups excluding carboxylic acids is 1. The maximum atomic E-state index is 13.2. The van der Waals surface area contributed by atoms with E-state index in [9.17, 15) is 9.59 Å². The molecule has 0 aliphatic heterocycles. The van der Waals surface area contributed by atoms with Crippen LogP contribution in [0.4, 0.5) is 10.5 Å². The van der Waals surface area contributed by atoms with E-state index in [1.54, 1.807) is 67.7 Å². The number of fused-ring (bicyclic) bond motifs is 1. The third kappa shape index (κ3) is 5.50. The van der Waals surface area contributed by atoms with Crippen LogP contribution in [0.5, 0.6) is 11.5 Å². The van der Waals surface area contributed by atoms with Crippen LogP contribution in [0.3, 0.4) is 0 Å². The van der Waals surface area contributed by atoms with Gasteiger partial charge in [-0.3, -0.25) is 4.79 Å². The van der Waals surface area contributed by atoms with Crippen LogP contribution in [0.25, 0.3) is 10.9 Å². The van der Waals surface area contributed by atoms with Crippen LogP contribution in [-0.2, 0) is 13.1 Å². The van der Waals surface area contributed by atoms with Gasteiger partial charge < -0.3 is 24.7 Å². The topological polar surface area (TPSA) is 83.7 Å². The predicted molar refractivity (Wildman–Crippen MR) is 134 cm³/mol. The number of hydrogen-bond acceptors (Lipinski definition) is 4. The number of aromatic amines is 1. The van der Waals surface area contributed by atoms with Crippen molar-refractivity contribution in [3.8, 4) is 11.5 Å². The standard InChI is InChI=1S/C26H24ClN3O4/c1-33-22-11-8-21(9-12-22)28-26(32)30(15-17-3-6-20(27)7-4-17)16-19-13-18-5-10-23(34-2)14-24(18)29-25(19)31/h3-14H,15-16H2,1-2H3,(H,28,32)(H,29,31). The van der Waals surface area contributed by atoms with Gasteiger partial charge in [-0.15, -0.1) is 0 Å². The van der Waals surface area contributed by atoms with Gasteiger partial charge in [0.2, 0.25) is 0 Å². The van der Waals surface area contributed by atoms with Crippen molar-refractivity contribution in [3.05, 3.63) is 99.3 Å². The summed E-state index contributed by atoms with van der Waals surface area (Å²) in [4.78, 5) is 30.5. The Kier molecular flexibility index (Phi) is 7.04. The molecule has 0 saturated heterocycles. The molecule has 174 valence electrons. The molecule has 0 aliphatic rings. The number of methoxy groups -OCH3 is 2. The minimum absolute atomic E-state index is 0.113. The van der Waals surface area contributed by atoms with Crippen molar-refractivity contribution < 1.29 is 14.3 Å². The highest BCUT2D eigenvalue weighted by atomic mass is 35.5. The lowest BCUT2D eigenvalue weighted by atomic mass is 10.1. The van der Waals surface area contributed by atoms with Gasteiger partial charge in [0.1, 0.15) is 11.5 Å². The minimum Gasteiger partial charge on any atom is -0.497 e. The van der Waals surface area contributed by atoms with Gasteiger partial charge in [-0.25, -0.2) is 4.79 Å². The molecule has 4 rings (SSSR count). The molecular formula is C26H24ClN3O4. The second-order valence-corrected chi connectivity index (χ2v) is 8.15. The molecule has 0 fully saturated rings. The summed E-state index contributed by atoms with van der Waals surface area (Å²) in [6.45, 7) is 0.404. The average molecular weight is 478 g/mol. The summed E-state index contributed by atoms with van der Waals surface area (Å²) in [6.07, 6.45) is 0. The Morgan fingerprint density at radius 3 is 2.26 bits per heavy atom. The first-order valence-electron chi connectivity index (χ1n) is 10.6. The number of aromatic nitrogens is 1. The van der Waals surface area contributed by atoms with Crippen molar-refractivity contribution in [1.82, 2.24) is 9.88 Å². The maximum absolute atomic E-state index is 13.2. The molecule has 0 atom stereocenters. The van der Waals surface area contributed by atoms with Gasteiger partial charge in [-0.2, -0.15) is 0 Å². The van der Waals surface area contributed by atoms with Crippen LogP contribution in [0.15, 0.2) is 77.6 Å². The first-order valence-corrected chi connectivity index (χ1v) is 11.0. The van der Waals surface area contributed by atoms with Crippen molar-refractivity contribution >= 4 is 34.2 Å². The van der Waals surface area contributed by atoms with E-state index in [1.807, 2.05) is 24.3 Å². The fourth-order valence-corrected chi connectivity index (χ4v) is 3.69. The molecule has 3 aromatic carbocycles. The summed E-state index contributed by atoms with van der Waals surface area (Å²) < 4.78 is 10.4. The van der Waals surface area contributed by atoms with Gasteiger partial charge in [-0.1, -0.05) is 23.7 Å². The molecule has 4 aromatic rings. The quantitative estimate of drug-likeness (QED) is 0.371. The van der Waals surface area contributed by atoms with Gasteiger partial charge in [-0.05, 0) is 65.5 Å². The lowest BCUT2D eigenvalue weighted by molar-refractivity contribution is 0.206. The van der Waals surface area contributed by atoms with Gasteiger partial charge in [0, 0.05) is 28.9 Å². The van der Waals surface area contributed by atoms with Crippen LogP contribution in [0.2, 0.25) is 5.02 Å². The molecule has 0 saturated carbocycles. The highest BCUT2D eigenvalue weighted by Crippen LogP contribution is 2.21. The molecule has 2 amide bonds. The number of carbonyl (C=O) groups is 1. The van der Waals surface area contributed by atoms with E-state index in [4.69, 9.17) is 21.1 Å².